The summed E-state index contributed by atoms with van der Waals surface area (Å²) in [6, 6.07) is 5.71. The second kappa shape index (κ2) is 8.34. The van der Waals surface area contributed by atoms with E-state index in [0.29, 0.717) is 36.4 Å². The zero-order valence-electron chi connectivity index (χ0n) is 18.7. The molecule has 0 aliphatic carbocycles. The molecule has 1 fully saturated rings. The van der Waals surface area contributed by atoms with Crippen molar-refractivity contribution in [3.8, 4) is 11.4 Å². The Bertz CT molecular complexity index is 1190. The number of aromatic nitrogens is 4. The van der Waals surface area contributed by atoms with E-state index in [1.807, 2.05) is 47.8 Å². The molecule has 1 saturated heterocycles. The maximum Gasteiger partial charge on any atom is 0.255 e. The highest BCUT2D eigenvalue weighted by Crippen LogP contribution is 2.36. The highest BCUT2D eigenvalue weighted by molar-refractivity contribution is 6.06. The van der Waals surface area contributed by atoms with Gasteiger partial charge in [-0.1, -0.05) is 0 Å². The third-order valence-electron chi connectivity index (χ3n) is 5.88. The minimum atomic E-state index is -0.983. The summed E-state index contributed by atoms with van der Waals surface area (Å²) in [6.45, 7) is 3.26. The third kappa shape index (κ3) is 3.74. The fraction of sp³-hybridized carbons (Fsp3) is 0.364. The summed E-state index contributed by atoms with van der Waals surface area (Å²) >= 11 is 0. The van der Waals surface area contributed by atoms with E-state index in [9.17, 15) is 4.79 Å². The van der Waals surface area contributed by atoms with Crippen LogP contribution >= 0.6 is 0 Å². The van der Waals surface area contributed by atoms with Gasteiger partial charge in [0, 0.05) is 25.0 Å². The lowest BCUT2D eigenvalue weighted by Crippen LogP contribution is -2.63. The number of carbonyl (C=O) groups is 1. The van der Waals surface area contributed by atoms with Crippen LogP contribution in [0.1, 0.15) is 5.69 Å². The number of fused-ring (bicyclic) bond motifs is 1. The van der Waals surface area contributed by atoms with Gasteiger partial charge in [-0.25, -0.2) is 9.97 Å². The molecule has 1 aromatic carbocycles. The zero-order valence-corrected chi connectivity index (χ0v) is 18.7. The van der Waals surface area contributed by atoms with Crippen molar-refractivity contribution in [3.63, 3.8) is 0 Å². The molecular weight excluding hydrogens is 426 g/mol. The molecule has 3 aromatic rings. The summed E-state index contributed by atoms with van der Waals surface area (Å²) in [5.41, 5.74) is 2.09. The fourth-order valence-corrected chi connectivity index (χ4v) is 3.99. The molecule has 2 aliphatic heterocycles. The molecule has 33 heavy (non-hydrogen) atoms. The first kappa shape index (κ1) is 21.2. The SMILES string of the molecule is COc1cc(Nc2ncc3c(n2)N(C)C2(COCCOC2)C(=O)N3)ccc1-n1cnc(C)c1. The summed E-state index contributed by atoms with van der Waals surface area (Å²) in [6.07, 6.45) is 5.26. The van der Waals surface area contributed by atoms with Crippen molar-refractivity contribution < 1.29 is 19.0 Å². The quantitative estimate of drug-likeness (QED) is 0.613. The number of imidazole rings is 1. The van der Waals surface area contributed by atoms with E-state index in [1.54, 1.807) is 19.6 Å². The Balaban J connectivity index is 1.43. The Hall–Kier alpha value is -3.70. The fourth-order valence-electron chi connectivity index (χ4n) is 3.99. The van der Waals surface area contributed by atoms with Crippen LogP contribution in [-0.4, -0.2) is 71.6 Å². The number of anilines is 4. The topological polar surface area (TPSA) is 116 Å². The normalized spacial score (nSPS) is 17.3. The Morgan fingerprint density at radius 3 is 2.70 bits per heavy atom. The molecule has 1 spiro atoms. The van der Waals surface area contributed by atoms with Crippen LogP contribution in [0.15, 0.2) is 36.9 Å². The van der Waals surface area contributed by atoms with E-state index in [2.05, 4.69) is 25.6 Å². The van der Waals surface area contributed by atoms with Crippen molar-refractivity contribution >= 4 is 29.0 Å². The predicted molar refractivity (Wildman–Crippen MR) is 122 cm³/mol. The van der Waals surface area contributed by atoms with E-state index in [0.717, 1.165) is 17.1 Å². The van der Waals surface area contributed by atoms with E-state index < -0.39 is 5.54 Å². The highest BCUT2D eigenvalue weighted by Gasteiger charge is 2.49. The number of rotatable bonds is 4. The average molecular weight is 451 g/mol. The molecule has 2 aliphatic rings. The summed E-state index contributed by atoms with van der Waals surface area (Å²) in [5, 5.41) is 6.11. The predicted octanol–water partition coefficient (Wildman–Crippen LogP) is 1.90. The lowest BCUT2D eigenvalue weighted by molar-refractivity contribution is -0.124. The van der Waals surface area contributed by atoms with Gasteiger partial charge in [0.1, 0.15) is 11.4 Å². The molecule has 1 amide bonds. The molecule has 11 heteroatoms. The molecule has 0 bridgehead atoms. The number of likely N-dealkylation sites (N-methyl/N-ethyl adjacent to an activating group) is 1. The van der Waals surface area contributed by atoms with Crippen LogP contribution in [0.3, 0.4) is 0 Å². The van der Waals surface area contributed by atoms with Crippen molar-refractivity contribution in [3.05, 3.63) is 42.6 Å². The van der Waals surface area contributed by atoms with Crippen LogP contribution in [0.5, 0.6) is 5.75 Å². The van der Waals surface area contributed by atoms with Crippen LogP contribution in [-0.2, 0) is 14.3 Å². The van der Waals surface area contributed by atoms with Crippen LogP contribution in [0.2, 0.25) is 0 Å². The second-order valence-electron chi connectivity index (χ2n) is 8.01. The van der Waals surface area contributed by atoms with E-state index in [4.69, 9.17) is 14.2 Å². The smallest absolute Gasteiger partial charge is 0.255 e. The molecule has 2 aromatic heterocycles. The number of methoxy groups -OCH3 is 1. The monoisotopic (exact) mass is 451 g/mol. The van der Waals surface area contributed by atoms with Crippen LogP contribution < -0.4 is 20.3 Å². The molecule has 4 heterocycles. The molecular formula is C22H25N7O4. The maximum absolute atomic E-state index is 12.9. The van der Waals surface area contributed by atoms with Crippen molar-refractivity contribution in [2.24, 2.45) is 0 Å². The second-order valence-corrected chi connectivity index (χ2v) is 8.01. The number of hydrogen-bond acceptors (Lipinski definition) is 9. The molecule has 11 nitrogen and oxygen atoms in total. The summed E-state index contributed by atoms with van der Waals surface area (Å²) < 4.78 is 18.8. The number of amides is 1. The van der Waals surface area contributed by atoms with Gasteiger partial charge in [0.2, 0.25) is 5.95 Å². The van der Waals surface area contributed by atoms with Gasteiger partial charge in [0.15, 0.2) is 11.4 Å². The van der Waals surface area contributed by atoms with Gasteiger partial charge < -0.3 is 34.3 Å². The van der Waals surface area contributed by atoms with E-state index in [-0.39, 0.29) is 19.1 Å². The summed E-state index contributed by atoms with van der Waals surface area (Å²) in [7, 11) is 3.44. The van der Waals surface area contributed by atoms with Crippen molar-refractivity contribution in [2.75, 3.05) is 56.1 Å². The van der Waals surface area contributed by atoms with Gasteiger partial charge in [-0.15, -0.1) is 0 Å². The first-order valence-electron chi connectivity index (χ1n) is 10.5. The van der Waals surface area contributed by atoms with E-state index >= 15 is 0 Å². The van der Waals surface area contributed by atoms with Crippen LogP contribution in [0.4, 0.5) is 23.1 Å². The highest BCUT2D eigenvalue weighted by atomic mass is 16.5. The third-order valence-corrected chi connectivity index (χ3v) is 5.88. The van der Waals surface area contributed by atoms with Gasteiger partial charge in [-0.2, -0.15) is 4.98 Å². The lowest BCUT2D eigenvalue weighted by Gasteiger charge is -2.43. The molecule has 2 N–H and O–H groups in total. The number of aryl methyl sites for hydroxylation is 1. The number of nitrogens with one attached hydrogen (secondary N) is 2. The zero-order chi connectivity index (χ0) is 23.0. The van der Waals surface area contributed by atoms with Gasteiger partial charge in [-0.3, -0.25) is 4.79 Å². The summed E-state index contributed by atoms with van der Waals surface area (Å²) in [4.78, 5) is 28.0. The molecule has 5 rings (SSSR count). The van der Waals surface area contributed by atoms with Crippen LogP contribution in [0, 0.1) is 6.92 Å². The number of hydrogen-bond donors (Lipinski definition) is 2. The maximum atomic E-state index is 12.9. The first-order valence-corrected chi connectivity index (χ1v) is 10.5. The summed E-state index contributed by atoms with van der Waals surface area (Å²) in [5.74, 6) is 1.44. The van der Waals surface area contributed by atoms with Crippen molar-refractivity contribution in [2.45, 2.75) is 12.5 Å². The van der Waals surface area contributed by atoms with Crippen molar-refractivity contribution in [1.82, 2.24) is 19.5 Å². The Kier molecular flexibility index (Phi) is 5.35. The van der Waals surface area contributed by atoms with E-state index in [1.165, 1.54) is 0 Å². The van der Waals surface area contributed by atoms with Gasteiger partial charge in [-0.05, 0) is 19.1 Å². The van der Waals surface area contributed by atoms with Gasteiger partial charge in [0.25, 0.3) is 5.91 Å². The number of ether oxygens (including phenoxy) is 3. The molecule has 0 atom stereocenters. The number of carbonyl (C=O) groups excluding carboxylic acids is 1. The van der Waals surface area contributed by atoms with Gasteiger partial charge in [0.05, 0.1) is 57.4 Å². The standard InChI is InChI=1S/C22H25N7O4/c1-14-10-29(13-24-14)17-5-4-15(8-18(17)31-3)25-21-23-9-16-19(27-21)28(2)22(20(30)26-16)11-32-6-7-33-12-22/h4-5,8-10,13H,6-7,11-12H2,1-3H3,(H,26,30)(H,23,25,27). The minimum absolute atomic E-state index is 0.196. The number of nitrogens with zero attached hydrogens (tertiary/aromatic N) is 5. The Morgan fingerprint density at radius 1 is 1.21 bits per heavy atom. The Morgan fingerprint density at radius 2 is 2.00 bits per heavy atom. The lowest BCUT2D eigenvalue weighted by atomic mass is 9.96. The first-order chi connectivity index (χ1) is 16.0. The molecule has 0 saturated carbocycles. The van der Waals surface area contributed by atoms with Crippen molar-refractivity contribution in [1.29, 1.82) is 0 Å². The Labute approximate surface area is 190 Å². The largest absolute Gasteiger partial charge is 0.494 e. The number of benzene rings is 1. The van der Waals surface area contributed by atoms with Crippen LogP contribution in [0.25, 0.3) is 5.69 Å². The average Bonchev–Trinajstić information content (AvgIpc) is 3.10. The van der Waals surface area contributed by atoms with Gasteiger partial charge >= 0.3 is 0 Å². The minimum Gasteiger partial charge on any atom is -0.494 e. The molecule has 0 unspecified atom stereocenters. The molecule has 172 valence electrons. The molecule has 0 radical (unpaired) electrons.